The second kappa shape index (κ2) is 21.1. The van der Waals surface area contributed by atoms with E-state index in [2.05, 4.69) is 63.7 Å². The van der Waals surface area contributed by atoms with Crippen LogP contribution < -0.4 is 31.3 Å². The van der Waals surface area contributed by atoms with Crippen molar-refractivity contribution < 1.29 is 71.6 Å². The van der Waals surface area contributed by atoms with Crippen LogP contribution in [0.1, 0.15) is 26.3 Å². The Hall–Kier alpha value is -0.761. The predicted molar refractivity (Wildman–Crippen MR) is 276 cm³/mol. The normalized spacial score (nSPS) is 11.1. The van der Waals surface area contributed by atoms with Gasteiger partial charge >= 0.3 is 0 Å². The van der Waals surface area contributed by atoms with E-state index in [1.54, 1.807) is 49.4 Å². The van der Waals surface area contributed by atoms with Crippen LogP contribution in [-0.2, 0) is 32.7 Å². The number of fused-ring (bicyclic) bond motifs is 4. The van der Waals surface area contributed by atoms with Gasteiger partial charge in [-0.25, -0.2) is 0 Å². The first kappa shape index (κ1) is 54.2. The molecule has 0 fully saturated rings. The summed E-state index contributed by atoms with van der Waals surface area (Å²) in [5.74, 6) is -3.23. The number of halogens is 11. The molecule has 4 aromatic rings. The average Bonchev–Trinajstić information content (AvgIpc) is 3.23. The van der Waals surface area contributed by atoms with E-state index >= 15 is 0 Å². The van der Waals surface area contributed by atoms with Gasteiger partial charge in [-0.3, -0.25) is 9.59 Å². The summed E-state index contributed by atoms with van der Waals surface area (Å²) in [5.41, 5.74) is 1.46. The van der Waals surface area contributed by atoms with Gasteiger partial charge < -0.3 is 38.8 Å². The third kappa shape index (κ3) is 9.34. The summed E-state index contributed by atoms with van der Waals surface area (Å²) in [4.78, 5) is 49.0. The molecular weight excluding hydrogens is 1590 g/mol. The van der Waals surface area contributed by atoms with Crippen molar-refractivity contribution in [2.24, 2.45) is 0 Å². The molecule has 10 nitrogen and oxygen atoms in total. The van der Waals surface area contributed by atoms with E-state index in [9.17, 15) is 39.6 Å². The van der Waals surface area contributed by atoms with Gasteiger partial charge in [0, 0.05) is 98.9 Å². The van der Waals surface area contributed by atoms with E-state index in [1.165, 1.54) is 6.07 Å². The molecule has 0 saturated carbocycles. The molecule has 23 heteroatoms. The Kier molecular flexibility index (Phi) is 17.8. The van der Waals surface area contributed by atoms with Gasteiger partial charge in [0.1, 0.15) is 19.2 Å². The van der Waals surface area contributed by atoms with Gasteiger partial charge in [-0.15, -0.1) is 0 Å². The van der Waals surface area contributed by atoms with Crippen LogP contribution in [0.3, 0.4) is 0 Å². The molecule has 4 aliphatic rings. The van der Waals surface area contributed by atoms with E-state index in [-0.39, 0.29) is 150 Å². The molecule has 2 heterocycles. The largest absolute Gasteiger partial charge is 0.871 e. The first-order valence-electron chi connectivity index (χ1n) is 16.7. The van der Waals surface area contributed by atoms with E-state index < -0.39 is 17.5 Å². The van der Waals surface area contributed by atoms with Crippen LogP contribution in [0.25, 0.3) is 66.8 Å². The number of rotatable bonds is 4. The maximum atomic E-state index is 12.6. The minimum atomic E-state index is -1.63. The number of hydrogen-bond acceptors (Lipinski definition) is 10. The standard InChI is InChI=1S/C21H7Cl4I3O5.C20H8Br4O5.B.Y/c1-4-17(29)7(26)2-5-9(6-3-8(27)18(30)16(28)20(6)33-19(4)5)10-11(21(31)32)13(23)15(25)14(24)12(10)22;21-11-5-9-13(7-3-1-2-4-8(7)20(27)28)10-6-12(22)17(26)15(24)19(10)29-18(9)14(23)16(11)25;;/h2-3,29H,1H3,(H,31,32);1-6,25H,(H,27,28);;/p-4. The quantitative estimate of drug-likeness (QED) is 0.0539. The first-order chi connectivity index (χ1) is 29.1. The summed E-state index contributed by atoms with van der Waals surface area (Å²) >= 11 is 43.9. The molecule has 64 heavy (non-hydrogen) atoms. The van der Waals surface area contributed by atoms with Crippen molar-refractivity contribution in [3.8, 4) is 56.4 Å². The predicted octanol–water partition coefficient (Wildman–Crippen LogP) is 11.4. The summed E-state index contributed by atoms with van der Waals surface area (Å²) in [7, 11) is 0. The molecule has 0 bridgehead atoms. The molecule has 2 aliphatic carbocycles. The van der Waals surface area contributed by atoms with Crippen molar-refractivity contribution >= 4 is 220 Å². The number of benzene rings is 6. The van der Waals surface area contributed by atoms with Gasteiger partial charge in [0.05, 0.1) is 44.5 Å². The Labute approximate surface area is 482 Å². The van der Waals surface area contributed by atoms with Gasteiger partial charge in [0.25, 0.3) is 0 Å². The summed E-state index contributed by atoms with van der Waals surface area (Å²) in [6, 6.07) is 12.6. The van der Waals surface area contributed by atoms with Gasteiger partial charge in [0.2, 0.25) is 10.9 Å². The Morgan fingerprint density at radius 2 is 1.20 bits per heavy atom. The molecule has 4 aromatic carbocycles. The van der Waals surface area contributed by atoms with E-state index in [4.69, 9.17) is 55.2 Å². The molecular formula is C41H11BBr4Cl4I3O10Y-4. The van der Waals surface area contributed by atoms with Crippen LogP contribution in [0.2, 0.25) is 20.1 Å². The molecule has 0 aromatic heterocycles. The summed E-state index contributed by atoms with van der Waals surface area (Å²) in [5, 5.41) is 49.0. The van der Waals surface area contributed by atoms with Crippen molar-refractivity contribution in [2.75, 3.05) is 0 Å². The topological polar surface area (TPSA) is 187 Å². The second-order valence-electron chi connectivity index (χ2n) is 12.9. The molecule has 0 N–H and O–H groups in total. The third-order valence-electron chi connectivity index (χ3n) is 9.43. The maximum Gasteiger partial charge on any atom is 0.210 e. The summed E-state index contributed by atoms with van der Waals surface area (Å²) in [6.45, 7) is 1.58. The smallest absolute Gasteiger partial charge is 0.210 e. The molecule has 2 aliphatic heterocycles. The van der Waals surface area contributed by atoms with Crippen LogP contribution in [0.4, 0.5) is 0 Å². The maximum absolute atomic E-state index is 12.6. The van der Waals surface area contributed by atoms with Crippen LogP contribution in [0, 0.1) is 17.6 Å². The fourth-order valence-electron chi connectivity index (χ4n) is 6.66. The van der Waals surface area contributed by atoms with E-state index in [0.29, 0.717) is 40.2 Å². The van der Waals surface area contributed by atoms with Gasteiger partial charge in [-0.2, -0.15) is 0 Å². The van der Waals surface area contributed by atoms with Crippen molar-refractivity contribution in [1.29, 1.82) is 0 Å². The second-order valence-corrected chi connectivity index (χ2v) is 21.1. The fraction of sp³-hybridized carbons (Fsp3) is 0.0244. The Balaban J connectivity index is 0.000000235. The van der Waals surface area contributed by atoms with Gasteiger partial charge in [0.15, 0.2) is 11.5 Å². The van der Waals surface area contributed by atoms with Crippen LogP contribution in [-0.4, -0.2) is 20.4 Å². The van der Waals surface area contributed by atoms with Crippen LogP contribution >= 0.6 is 178 Å². The Bertz CT molecular complexity index is 3390. The first-order valence-corrected chi connectivity index (χ1v) is 24.6. The summed E-state index contributed by atoms with van der Waals surface area (Å²) in [6.07, 6.45) is 0. The van der Waals surface area contributed by atoms with Crippen LogP contribution in [0.5, 0.6) is 11.5 Å². The number of carboxylic acids is 2. The minimum absolute atomic E-state index is 0. The van der Waals surface area contributed by atoms with Gasteiger partial charge in [-0.1, -0.05) is 98.1 Å². The Morgan fingerprint density at radius 1 is 0.625 bits per heavy atom. The van der Waals surface area contributed by atoms with Gasteiger partial charge in [-0.05, 0) is 158 Å². The number of hydrogen-bond donors (Lipinski definition) is 0. The number of carbonyl (C=O) groups is 2. The number of carboxylic acid groups (broad SMARTS) is 2. The molecule has 322 valence electrons. The van der Waals surface area contributed by atoms with Crippen LogP contribution in [0.15, 0.2) is 84.8 Å². The molecule has 0 atom stereocenters. The molecule has 4 radical (unpaired) electrons. The fourth-order valence-corrected chi connectivity index (χ4v) is 12.6. The average molecular weight is 1610 g/mol. The van der Waals surface area contributed by atoms with Crippen molar-refractivity contribution in [3.63, 3.8) is 0 Å². The third-order valence-corrected chi connectivity index (χ3v) is 16.4. The SMILES string of the molecule is Cc1c([O-])c(I)cc2c(-c3c(Cl)c(Cl)c(Cl)c(Cl)c3C(=O)[O-])c3cc(I)c(=O)c(I)c-3oc12.O=C([O-])c1ccccc1-c1c2cc(Br)c(=O)c(Br)c-2oc2c(Br)c([O-])c(Br)cc12.[B].[Y]. The van der Waals surface area contributed by atoms with E-state index in [0.717, 1.165) is 0 Å². The Morgan fingerprint density at radius 3 is 1.83 bits per heavy atom. The molecule has 0 spiro atoms. The number of aryl methyl sites for hydroxylation is 1. The minimum Gasteiger partial charge on any atom is -0.871 e. The number of aromatic carboxylic acids is 2. The van der Waals surface area contributed by atoms with E-state index in [1.807, 2.05) is 67.8 Å². The zero-order valence-electron chi connectivity index (χ0n) is 31.0. The zero-order valence-corrected chi connectivity index (χ0v) is 49.7. The molecule has 8 rings (SSSR count). The molecule has 0 amide bonds. The van der Waals surface area contributed by atoms with Crippen molar-refractivity contribution in [2.45, 2.75) is 6.92 Å². The number of carbonyl (C=O) groups excluding carboxylic acids is 2. The monoisotopic (exact) mass is 1600 g/mol. The van der Waals surface area contributed by atoms with Crippen molar-refractivity contribution in [3.05, 3.63) is 134 Å². The van der Waals surface area contributed by atoms with Crippen molar-refractivity contribution in [1.82, 2.24) is 0 Å². The summed E-state index contributed by atoms with van der Waals surface area (Å²) < 4.78 is 13.8. The molecule has 0 unspecified atom stereocenters. The zero-order chi connectivity index (χ0) is 45.5. The molecule has 0 saturated heterocycles.